The fourth-order valence-electron chi connectivity index (χ4n) is 5.74. The minimum atomic E-state index is -0.805. The summed E-state index contributed by atoms with van der Waals surface area (Å²) in [6.07, 6.45) is -0.493. The van der Waals surface area contributed by atoms with E-state index >= 15 is 0 Å². The second-order valence-corrected chi connectivity index (χ2v) is 11.6. The number of carbonyl (C=O) groups is 2. The molecule has 2 fully saturated rings. The van der Waals surface area contributed by atoms with Crippen LogP contribution in [-0.2, 0) is 43.3 Å². The first-order valence-corrected chi connectivity index (χ1v) is 15.5. The third-order valence-corrected chi connectivity index (χ3v) is 8.44. The van der Waals surface area contributed by atoms with Crippen LogP contribution in [0.3, 0.4) is 0 Å². The maximum Gasteiger partial charge on any atom is 0.328 e. The second kappa shape index (κ2) is 16.0. The number of ether oxygens (including phenoxy) is 4. The number of hydrogen-bond donors (Lipinski definition) is 3. The summed E-state index contributed by atoms with van der Waals surface area (Å²) in [5.74, 6) is -0.406. The van der Waals surface area contributed by atoms with Gasteiger partial charge in [-0.15, -0.1) is 0 Å². The topological polar surface area (TPSA) is 119 Å². The Bertz CT molecular complexity index is 1360. The molecule has 0 saturated carbocycles. The molecule has 3 aromatic rings. The maximum atomic E-state index is 12.7. The second-order valence-electron chi connectivity index (χ2n) is 11.6. The molecule has 5 atom stereocenters. The molecule has 0 bridgehead atoms. The number of methoxy groups -OCH3 is 1. The molecule has 2 amide bonds. The fourth-order valence-corrected chi connectivity index (χ4v) is 5.74. The van der Waals surface area contributed by atoms with Crippen LogP contribution < -0.4 is 10.6 Å². The summed E-state index contributed by atoms with van der Waals surface area (Å²) in [6, 6.07) is 23.9. The summed E-state index contributed by atoms with van der Waals surface area (Å²) in [6.45, 7) is 6.39. The van der Waals surface area contributed by atoms with Gasteiger partial charge in [0.2, 0.25) is 0 Å². The molecular formula is C35H43N3O7. The number of hydrogen-bond acceptors (Lipinski definition) is 8. The van der Waals surface area contributed by atoms with Crippen molar-refractivity contribution in [1.29, 1.82) is 0 Å². The number of aliphatic hydroxyl groups is 1. The SMILES string of the molecule is COC(=O)C(Cc1ccccc1)NC(=O)NCc1ccc(C2OC(CN3CCOCC3)C(C)C(c3ccc(CO)cc3)O2)cc1. The van der Waals surface area contributed by atoms with E-state index in [1.54, 1.807) is 0 Å². The third-order valence-electron chi connectivity index (χ3n) is 8.44. The predicted molar refractivity (Wildman–Crippen MR) is 168 cm³/mol. The zero-order valence-electron chi connectivity index (χ0n) is 25.9. The average molecular weight is 618 g/mol. The van der Waals surface area contributed by atoms with Gasteiger partial charge in [-0.3, -0.25) is 4.90 Å². The first-order valence-electron chi connectivity index (χ1n) is 15.5. The van der Waals surface area contributed by atoms with E-state index in [4.69, 9.17) is 18.9 Å². The minimum Gasteiger partial charge on any atom is -0.467 e. The van der Waals surface area contributed by atoms with Gasteiger partial charge < -0.3 is 34.7 Å². The van der Waals surface area contributed by atoms with Crippen molar-refractivity contribution in [3.05, 3.63) is 107 Å². The molecule has 5 rings (SSSR count). The van der Waals surface area contributed by atoms with Crippen LogP contribution in [0.2, 0.25) is 0 Å². The van der Waals surface area contributed by atoms with Gasteiger partial charge in [0.1, 0.15) is 6.04 Å². The van der Waals surface area contributed by atoms with E-state index in [9.17, 15) is 14.7 Å². The molecule has 2 aliphatic rings. The molecule has 0 aliphatic carbocycles. The van der Waals surface area contributed by atoms with Crippen molar-refractivity contribution < 1.29 is 33.6 Å². The van der Waals surface area contributed by atoms with Crippen molar-refractivity contribution in [2.45, 2.75) is 51.0 Å². The summed E-state index contributed by atoms with van der Waals surface area (Å²) in [4.78, 5) is 27.4. The van der Waals surface area contributed by atoms with Crippen LogP contribution in [0.25, 0.3) is 0 Å². The van der Waals surface area contributed by atoms with Crippen LogP contribution in [0.1, 0.15) is 47.1 Å². The lowest BCUT2D eigenvalue weighted by Crippen LogP contribution is -2.47. The average Bonchev–Trinajstić information content (AvgIpc) is 3.09. The quantitative estimate of drug-likeness (QED) is 0.278. The number of nitrogens with one attached hydrogen (secondary N) is 2. The highest BCUT2D eigenvalue weighted by atomic mass is 16.7. The summed E-state index contributed by atoms with van der Waals surface area (Å²) in [5, 5.41) is 15.1. The summed E-state index contributed by atoms with van der Waals surface area (Å²) in [7, 11) is 1.31. The van der Waals surface area contributed by atoms with E-state index in [1.165, 1.54) is 7.11 Å². The molecule has 0 radical (unpaired) electrons. The molecule has 45 heavy (non-hydrogen) atoms. The van der Waals surface area contributed by atoms with Gasteiger partial charge in [-0.2, -0.15) is 0 Å². The molecule has 2 saturated heterocycles. The molecule has 10 heteroatoms. The Morgan fingerprint density at radius 2 is 1.58 bits per heavy atom. The Kier molecular flexibility index (Phi) is 11.6. The number of aliphatic hydroxyl groups excluding tert-OH is 1. The van der Waals surface area contributed by atoms with Crippen LogP contribution in [0, 0.1) is 5.92 Å². The lowest BCUT2D eigenvalue weighted by atomic mass is 9.90. The van der Waals surface area contributed by atoms with Gasteiger partial charge in [-0.25, -0.2) is 9.59 Å². The van der Waals surface area contributed by atoms with E-state index in [1.807, 2.05) is 78.9 Å². The number of amides is 2. The lowest BCUT2D eigenvalue weighted by molar-refractivity contribution is -0.277. The van der Waals surface area contributed by atoms with E-state index in [0.29, 0.717) is 6.42 Å². The maximum absolute atomic E-state index is 12.7. The van der Waals surface area contributed by atoms with Crippen molar-refractivity contribution in [2.75, 3.05) is 40.0 Å². The first kappa shape index (κ1) is 32.6. The Hall–Kier alpha value is -3.80. The molecule has 240 valence electrons. The Balaban J connectivity index is 1.23. The van der Waals surface area contributed by atoms with Crippen LogP contribution in [0.4, 0.5) is 4.79 Å². The predicted octanol–water partition coefficient (Wildman–Crippen LogP) is 3.89. The first-order chi connectivity index (χ1) is 21.9. The van der Waals surface area contributed by atoms with Gasteiger partial charge in [-0.05, 0) is 22.3 Å². The molecule has 2 heterocycles. The van der Waals surface area contributed by atoms with Crippen LogP contribution in [-0.4, -0.2) is 74.1 Å². The minimum absolute atomic E-state index is 0.00480. The summed E-state index contributed by atoms with van der Waals surface area (Å²) in [5.41, 5.74) is 4.59. The van der Waals surface area contributed by atoms with Crippen LogP contribution in [0.5, 0.6) is 0 Å². The normalized spacial score (nSPS) is 22.7. The Labute approximate surface area is 264 Å². The molecule has 2 aliphatic heterocycles. The molecule has 0 spiro atoms. The zero-order chi connectivity index (χ0) is 31.6. The van der Waals surface area contributed by atoms with Gasteiger partial charge in [0.25, 0.3) is 0 Å². The highest BCUT2D eigenvalue weighted by molar-refractivity contribution is 5.83. The smallest absolute Gasteiger partial charge is 0.328 e. The van der Waals surface area contributed by atoms with Crippen LogP contribution in [0.15, 0.2) is 78.9 Å². The van der Waals surface area contributed by atoms with Crippen molar-refractivity contribution in [3.8, 4) is 0 Å². The van der Waals surface area contributed by atoms with Crippen molar-refractivity contribution in [3.63, 3.8) is 0 Å². The third kappa shape index (κ3) is 8.90. The number of benzene rings is 3. The number of urea groups is 1. The van der Waals surface area contributed by atoms with E-state index in [2.05, 4.69) is 22.5 Å². The molecule has 3 N–H and O–H groups in total. The van der Waals surface area contributed by atoms with Gasteiger partial charge in [0, 0.05) is 44.1 Å². The van der Waals surface area contributed by atoms with E-state index in [0.717, 1.165) is 60.7 Å². The van der Waals surface area contributed by atoms with Crippen LogP contribution >= 0.6 is 0 Å². The standard InChI is InChI=1S/C35H43N3O7/c1-24-31(22-38-16-18-43-19-17-38)44-34(45-32(24)28-12-10-27(23-39)11-13-28)29-14-8-26(9-15-29)21-36-35(41)37-30(33(40)42-2)20-25-6-4-3-5-7-25/h3-15,24,30-32,34,39H,16-23H2,1-2H3,(H2,36,37,41). The van der Waals surface area contributed by atoms with Crippen molar-refractivity contribution in [1.82, 2.24) is 15.5 Å². The number of morpholine rings is 1. The lowest BCUT2D eigenvalue weighted by Gasteiger charge is -2.43. The van der Waals surface area contributed by atoms with E-state index < -0.39 is 24.3 Å². The van der Waals surface area contributed by atoms with Crippen molar-refractivity contribution in [2.24, 2.45) is 5.92 Å². The monoisotopic (exact) mass is 617 g/mol. The number of carbonyl (C=O) groups excluding carboxylic acids is 2. The number of rotatable bonds is 11. The zero-order valence-corrected chi connectivity index (χ0v) is 25.9. The van der Waals surface area contributed by atoms with Gasteiger partial charge in [0.05, 0.1) is 39.1 Å². The highest BCUT2D eigenvalue weighted by Crippen LogP contribution is 2.42. The van der Waals surface area contributed by atoms with Gasteiger partial charge in [-0.1, -0.05) is 85.8 Å². The molecule has 3 aromatic carbocycles. The number of esters is 1. The highest BCUT2D eigenvalue weighted by Gasteiger charge is 2.39. The van der Waals surface area contributed by atoms with E-state index in [-0.39, 0.29) is 31.3 Å². The van der Waals surface area contributed by atoms with Gasteiger partial charge >= 0.3 is 12.0 Å². The van der Waals surface area contributed by atoms with Gasteiger partial charge in [0.15, 0.2) is 6.29 Å². The molecule has 5 unspecified atom stereocenters. The molecule has 0 aromatic heterocycles. The summed E-state index contributed by atoms with van der Waals surface area (Å²) < 4.78 is 23.6. The number of nitrogens with zero attached hydrogens (tertiary/aromatic N) is 1. The molecule has 10 nitrogen and oxygen atoms in total. The molecular weight excluding hydrogens is 574 g/mol. The summed E-state index contributed by atoms with van der Waals surface area (Å²) >= 11 is 0. The Morgan fingerprint density at radius 3 is 2.24 bits per heavy atom. The van der Waals surface area contributed by atoms with Crippen molar-refractivity contribution >= 4 is 12.0 Å². The fraction of sp³-hybridized carbons (Fsp3) is 0.429. The largest absolute Gasteiger partial charge is 0.467 e. The Morgan fingerprint density at radius 1 is 0.911 bits per heavy atom.